The van der Waals surface area contributed by atoms with Crippen molar-refractivity contribution >= 4 is 11.6 Å². The predicted octanol–water partition coefficient (Wildman–Crippen LogP) is 2.53. The Labute approximate surface area is 117 Å². The molecule has 20 heavy (non-hydrogen) atoms. The standard InChI is InChI=1S/C15H16FN3O/c1-17-14-12(6-3-7-13(14)16)15(20)19(2)10-11-5-4-8-18-9-11/h3-9,17H,10H2,1-2H3. The highest BCUT2D eigenvalue weighted by molar-refractivity contribution is 5.99. The van der Waals surface area contributed by atoms with Crippen LogP contribution in [0.25, 0.3) is 0 Å². The number of hydrogen-bond acceptors (Lipinski definition) is 3. The summed E-state index contributed by atoms with van der Waals surface area (Å²) in [5.41, 5.74) is 1.46. The molecule has 0 aliphatic carbocycles. The molecule has 1 amide bonds. The zero-order chi connectivity index (χ0) is 14.5. The first-order chi connectivity index (χ1) is 9.63. The molecule has 104 valence electrons. The summed E-state index contributed by atoms with van der Waals surface area (Å²) in [5.74, 6) is -0.675. The molecule has 0 aliphatic rings. The second-order valence-corrected chi connectivity index (χ2v) is 4.43. The van der Waals surface area contributed by atoms with Crippen LogP contribution >= 0.6 is 0 Å². The maximum absolute atomic E-state index is 13.7. The summed E-state index contributed by atoms with van der Waals surface area (Å²) in [7, 11) is 3.27. The SMILES string of the molecule is CNc1c(F)cccc1C(=O)N(C)Cc1cccnc1. The maximum Gasteiger partial charge on any atom is 0.256 e. The number of rotatable bonds is 4. The smallest absolute Gasteiger partial charge is 0.256 e. The molecule has 1 N–H and O–H groups in total. The van der Waals surface area contributed by atoms with Crippen LogP contribution in [0.5, 0.6) is 0 Å². The fraction of sp³-hybridized carbons (Fsp3) is 0.200. The van der Waals surface area contributed by atoms with Gasteiger partial charge in [0, 0.05) is 33.0 Å². The average molecular weight is 273 g/mol. The summed E-state index contributed by atoms with van der Waals surface area (Å²) >= 11 is 0. The molecule has 2 rings (SSSR count). The third kappa shape index (κ3) is 2.93. The summed E-state index contributed by atoms with van der Waals surface area (Å²) < 4.78 is 13.7. The number of pyridine rings is 1. The molecule has 1 aromatic carbocycles. The van der Waals surface area contributed by atoms with Crippen molar-refractivity contribution in [2.75, 3.05) is 19.4 Å². The topological polar surface area (TPSA) is 45.2 Å². The lowest BCUT2D eigenvalue weighted by molar-refractivity contribution is 0.0785. The number of para-hydroxylation sites is 1. The van der Waals surface area contributed by atoms with Gasteiger partial charge in [-0.3, -0.25) is 9.78 Å². The van der Waals surface area contributed by atoms with Crippen molar-refractivity contribution in [1.29, 1.82) is 0 Å². The van der Waals surface area contributed by atoms with E-state index in [2.05, 4.69) is 10.3 Å². The van der Waals surface area contributed by atoms with Gasteiger partial charge in [-0.15, -0.1) is 0 Å². The Hall–Kier alpha value is -2.43. The third-order valence-corrected chi connectivity index (χ3v) is 2.98. The normalized spacial score (nSPS) is 10.2. The van der Waals surface area contributed by atoms with Gasteiger partial charge in [-0.2, -0.15) is 0 Å². The van der Waals surface area contributed by atoms with Crippen LogP contribution in [0.2, 0.25) is 0 Å². The van der Waals surface area contributed by atoms with Gasteiger partial charge in [0.05, 0.1) is 11.3 Å². The zero-order valence-electron chi connectivity index (χ0n) is 11.4. The second-order valence-electron chi connectivity index (χ2n) is 4.43. The van der Waals surface area contributed by atoms with Gasteiger partial charge < -0.3 is 10.2 Å². The highest BCUT2D eigenvalue weighted by Crippen LogP contribution is 2.21. The van der Waals surface area contributed by atoms with E-state index in [0.717, 1.165) is 5.56 Å². The molecule has 0 fully saturated rings. The Morgan fingerprint density at radius 1 is 1.35 bits per heavy atom. The van der Waals surface area contributed by atoms with E-state index in [4.69, 9.17) is 0 Å². The van der Waals surface area contributed by atoms with Crippen molar-refractivity contribution in [2.45, 2.75) is 6.54 Å². The van der Waals surface area contributed by atoms with Gasteiger partial charge in [0.25, 0.3) is 5.91 Å². The van der Waals surface area contributed by atoms with E-state index in [0.29, 0.717) is 12.1 Å². The fourth-order valence-corrected chi connectivity index (χ4v) is 2.00. The number of aromatic nitrogens is 1. The molecule has 0 radical (unpaired) electrons. The van der Waals surface area contributed by atoms with Crippen LogP contribution in [0.15, 0.2) is 42.7 Å². The van der Waals surface area contributed by atoms with Gasteiger partial charge in [0.1, 0.15) is 5.82 Å². The van der Waals surface area contributed by atoms with Crippen molar-refractivity contribution in [3.8, 4) is 0 Å². The molecule has 4 nitrogen and oxygen atoms in total. The maximum atomic E-state index is 13.7. The number of hydrogen-bond donors (Lipinski definition) is 1. The number of nitrogens with one attached hydrogen (secondary N) is 1. The Bertz CT molecular complexity index is 601. The van der Waals surface area contributed by atoms with Crippen LogP contribution in [0.4, 0.5) is 10.1 Å². The number of anilines is 1. The molecular weight excluding hydrogens is 257 g/mol. The minimum atomic E-state index is -0.437. The van der Waals surface area contributed by atoms with Crippen LogP contribution in [0, 0.1) is 5.82 Å². The molecule has 0 unspecified atom stereocenters. The van der Waals surface area contributed by atoms with Crippen molar-refractivity contribution in [1.82, 2.24) is 9.88 Å². The molecule has 1 heterocycles. The zero-order valence-corrected chi connectivity index (χ0v) is 11.4. The van der Waals surface area contributed by atoms with E-state index in [1.54, 1.807) is 32.6 Å². The van der Waals surface area contributed by atoms with Crippen LogP contribution in [-0.2, 0) is 6.54 Å². The van der Waals surface area contributed by atoms with Crippen LogP contribution in [0.1, 0.15) is 15.9 Å². The van der Waals surface area contributed by atoms with E-state index in [-0.39, 0.29) is 11.6 Å². The van der Waals surface area contributed by atoms with Gasteiger partial charge in [0.15, 0.2) is 0 Å². The summed E-state index contributed by atoms with van der Waals surface area (Å²) in [5, 5.41) is 2.73. The Morgan fingerprint density at radius 3 is 2.80 bits per heavy atom. The number of nitrogens with zero attached hydrogens (tertiary/aromatic N) is 2. The second kappa shape index (κ2) is 6.14. The van der Waals surface area contributed by atoms with Crippen LogP contribution in [0.3, 0.4) is 0 Å². The summed E-state index contributed by atoms with van der Waals surface area (Å²) in [6.45, 7) is 0.423. The van der Waals surface area contributed by atoms with E-state index >= 15 is 0 Å². The predicted molar refractivity (Wildman–Crippen MR) is 76.0 cm³/mol. The van der Waals surface area contributed by atoms with Gasteiger partial charge in [-0.25, -0.2) is 4.39 Å². The van der Waals surface area contributed by atoms with Crippen LogP contribution in [-0.4, -0.2) is 29.9 Å². The largest absolute Gasteiger partial charge is 0.385 e. The lowest BCUT2D eigenvalue weighted by atomic mass is 10.1. The van der Waals surface area contributed by atoms with E-state index in [1.807, 2.05) is 12.1 Å². The molecule has 0 atom stereocenters. The quantitative estimate of drug-likeness (QED) is 0.931. The molecule has 0 aliphatic heterocycles. The third-order valence-electron chi connectivity index (χ3n) is 2.98. The van der Waals surface area contributed by atoms with Gasteiger partial charge in [0.2, 0.25) is 0 Å². The first kappa shape index (κ1) is 14.0. The number of carbonyl (C=O) groups is 1. The van der Waals surface area contributed by atoms with E-state index in [9.17, 15) is 9.18 Å². The van der Waals surface area contributed by atoms with Gasteiger partial charge >= 0.3 is 0 Å². The number of carbonyl (C=O) groups excluding carboxylic acids is 1. The molecule has 2 aromatic rings. The van der Waals surface area contributed by atoms with Crippen molar-refractivity contribution in [3.63, 3.8) is 0 Å². The Kier molecular flexibility index (Phi) is 4.30. The summed E-state index contributed by atoms with van der Waals surface area (Å²) in [4.78, 5) is 17.9. The van der Waals surface area contributed by atoms with Crippen molar-refractivity contribution in [2.24, 2.45) is 0 Å². The number of halogens is 1. The van der Waals surface area contributed by atoms with E-state index in [1.165, 1.54) is 17.0 Å². The Balaban J connectivity index is 2.21. The fourth-order valence-electron chi connectivity index (χ4n) is 2.00. The summed E-state index contributed by atoms with van der Waals surface area (Å²) in [6.07, 6.45) is 3.38. The van der Waals surface area contributed by atoms with Crippen LogP contribution < -0.4 is 5.32 Å². The first-order valence-electron chi connectivity index (χ1n) is 6.24. The number of benzene rings is 1. The van der Waals surface area contributed by atoms with Gasteiger partial charge in [-0.1, -0.05) is 12.1 Å². The molecule has 0 spiro atoms. The average Bonchev–Trinajstić information content (AvgIpc) is 2.47. The number of amides is 1. The molecule has 5 heteroatoms. The minimum absolute atomic E-state index is 0.218. The molecule has 0 saturated heterocycles. The lowest BCUT2D eigenvalue weighted by Gasteiger charge is -2.19. The van der Waals surface area contributed by atoms with Crippen molar-refractivity contribution in [3.05, 3.63) is 59.7 Å². The highest BCUT2D eigenvalue weighted by atomic mass is 19.1. The molecule has 0 saturated carbocycles. The monoisotopic (exact) mass is 273 g/mol. The highest BCUT2D eigenvalue weighted by Gasteiger charge is 2.17. The molecule has 0 bridgehead atoms. The van der Waals surface area contributed by atoms with Gasteiger partial charge in [-0.05, 0) is 23.8 Å². The molecule has 1 aromatic heterocycles. The Morgan fingerprint density at radius 2 is 2.15 bits per heavy atom. The summed E-state index contributed by atoms with van der Waals surface area (Å²) in [6, 6.07) is 8.16. The molecular formula is C15H16FN3O. The van der Waals surface area contributed by atoms with Crippen molar-refractivity contribution < 1.29 is 9.18 Å². The first-order valence-corrected chi connectivity index (χ1v) is 6.24. The lowest BCUT2D eigenvalue weighted by Crippen LogP contribution is -2.27. The van der Waals surface area contributed by atoms with E-state index < -0.39 is 5.82 Å². The minimum Gasteiger partial charge on any atom is -0.385 e.